The number of nitrogens with two attached hydrogens (primary N) is 1. The number of fused-ring (bicyclic) bond motifs is 1. The number of ether oxygens (including phenoxy) is 1. The molecule has 0 aliphatic carbocycles. The number of benzene rings is 3. The molecule has 3 aromatic carbocycles. The van der Waals surface area contributed by atoms with Gasteiger partial charge in [0.25, 0.3) is 5.95 Å². The maximum atomic E-state index is 12.4. The molecule has 0 aliphatic rings. The number of nitrogens with zero attached hydrogens (tertiary/aromatic N) is 4. The Labute approximate surface area is 189 Å². The van der Waals surface area contributed by atoms with Crippen LogP contribution in [0.1, 0.15) is 22.8 Å². The van der Waals surface area contributed by atoms with Crippen LogP contribution in [0.5, 0.6) is 5.75 Å². The second kappa shape index (κ2) is 9.52. The monoisotopic (exact) mass is 446 g/mol. The van der Waals surface area contributed by atoms with Gasteiger partial charge in [0.1, 0.15) is 5.75 Å². The molecule has 1 heterocycles. The van der Waals surface area contributed by atoms with Gasteiger partial charge in [0, 0.05) is 5.56 Å². The zero-order valence-corrected chi connectivity index (χ0v) is 18.5. The van der Waals surface area contributed by atoms with E-state index in [4.69, 9.17) is 10.6 Å². The molecule has 0 aliphatic heterocycles. The highest BCUT2D eigenvalue weighted by molar-refractivity contribution is 7.99. The van der Waals surface area contributed by atoms with Gasteiger partial charge >= 0.3 is 0 Å². The molecule has 162 valence electrons. The third kappa shape index (κ3) is 4.73. The molecule has 4 aromatic rings. The Morgan fingerprint density at radius 3 is 2.53 bits per heavy atom. The van der Waals surface area contributed by atoms with Gasteiger partial charge in [-0.05, 0) is 53.6 Å². The Balaban J connectivity index is 1.40. The number of hydrogen-bond donors (Lipinski definition) is 2. The minimum atomic E-state index is -0.0414. The fraction of sp³-hybridized carbons (Fsp3) is 0.130. The first-order chi connectivity index (χ1) is 15.5. The Hall–Kier alpha value is -3.85. The van der Waals surface area contributed by atoms with Crippen molar-refractivity contribution in [2.75, 3.05) is 24.1 Å². The summed E-state index contributed by atoms with van der Waals surface area (Å²) in [6.45, 7) is 1.90. The summed E-state index contributed by atoms with van der Waals surface area (Å²) in [7, 11) is 1.58. The third-order valence-corrected chi connectivity index (χ3v) is 5.84. The van der Waals surface area contributed by atoms with Gasteiger partial charge in [-0.2, -0.15) is 5.10 Å². The number of anilines is 1. The van der Waals surface area contributed by atoms with Crippen molar-refractivity contribution in [1.29, 1.82) is 0 Å². The lowest BCUT2D eigenvalue weighted by Crippen LogP contribution is -2.14. The van der Waals surface area contributed by atoms with Crippen LogP contribution < -0.4 is 16.0 Å². The topological polar surface area (TPSA) is 107 Å². The molecule has 3 N–H and O–H groups in total. The predicted molar refractivity (Wildman–Crippen MR) is 128 cm³/mol. The number of nitrogens with one attached hydrogen (secondary N) is 1. The summed E-state index contributed by atoms with van der Waals surface area (Å²) >= 11 is 1.21. The lowest BCUT2D eigenvalue weighted by molar-refractivity contribution is 0.102. The van der Waals surface area contributed by atoms with E-state index in [0.29, 0.717) is 16.5 Å². The first kappa shape index (κ1) is 21.4. The molecule has 0 atom stereocenters. The van der Waals surface area contributed by atoms with Crippen molar-refractivity contribution >= 4 is 40.0 Å². The number of nitrogen functional groups attached to an aromatic ring is 1. The number of ketones is 1. The van der Waals surface area contributed by atoms with Crippen LogP contribution in [0, 0.1) is 0 Å². The number of methoxy groups -OCH3 is 1. The predicted octanol–water partition coefficient (Wildman–Crippen LogP) is 3.96. The summed E-state index contributed by atoms with van der Waals surface area (Å²) in [6, 6.07) is 21.3. The highest BCUT2D eigenvalue weighted by Gasteiger charge is 2.13. The summed E-state index contributed by atoms with van der Waals surface area (Å²) in [5, 5.41) is 15.2. The molecule has 0 fully saturated rings. The van der Waals surface area contributed by atoms with Crippen molar-refractivity contribution in [2.24, 2.45) is 5.10 Å². The number of aromatic nitrogens is 3. The fourth-order valence-corrected chi connectivity index (χ4v) is 3.81. The van der Waals surface area contributed by atoms with E-state index in [1.165, 1.54) is 21.8 Å². The van der Waals surface area contributed by atoms with Crippen molar-refractivity contribution in [3.8, 4) is 5.75 Å². The standard InChI is InChI=1S/C23H22N6O2S/c1-15(18-8-7-16-5-3-4-6-19(16)13-18)25-26-22-27-28-23(29(22)24)32-14-21(30)17-9-11-20(31-2)12-10-17/h3-13H,14,24H2,1-2H3,(H,26,27)/b25-15+. The first-order valence-corrected chi connectivity index (χ1v) is 10.8. The van der Waals surface area contributed by atoms with Crippen LogP contribution in [0.3, 0.4) is 0 Å². The highest BCUT2D eigenvalue weighted by atomic mass is 32.2. The number of Topliss-reactive ketones (excluding diaryl/α,β-unsaturated/α-hetero) is 1. The Kier molecular flexibility index (Phi) is 6.37. The fourth-order valence-electron chi connectivity index (χ4n) is 3.05. The van der Waals surface area contributed by atoms with Crippen molar-refractivity contribution in [2.45, 2.75) is 12.1 Å². The molecule has 32 heavy (non-hydrogen) atoms. The Morgan fingerprint density at radius 2 is 1.78 bits per heavy atom. The molecule has 0 unspecified atom stereocenters. The van der Waals surface area contributed by atoms with Gasteiger partial charge in [0.2, 0.25) is 5.16 Å². The second-order valence-corrected chi connectivity index (χ2v) is 7.93. The summed E-state index contributed by atoms with van der Waals surface area (Å²) in [6.07, 6.45) is 0. The van der Waals surface area contributed by atoms with Crippen LogP contribution in [0.2, 0.25) is 0 Å². The summed E-state index contributed by atoms with van der Waals surface area (Å²) in [5.41, 5.74) is 5.21. The van der Waals surface area contributed by atoms with Crippen LogP contribution in [0.15, 0.2) is 77.0 Å². The van der Waals surface area contributed by atoms with E-state index in [1.807, 2.05) is 25.1 Å². The molecular formula is C23H22N6O2S. The molecule has 9 heteroatoms. The minimum Gasteiger partial charge on any atom is -0.497 e. The Bertz CT molecular complexity index is 1280. The maximum Gasteiger partial charge on any atom is 0.264 e. The summed E-state index contributed by atoms with van der Waals surface area (Å²) < 4.78 is 6.39. The summed E-state index contributed by atoms with van der Waals surface area (Å²) in [5.74, 6) is 7.20. The minimum absolute atomic E-state index is 0.0414. The zero-order valence-electron chi connectivity index (χ0n) is 17.6. The second-order valence-electron chi connectivity index (χ2n) is 6.99. The van der Waals surface area contributed by atoms with Crippen LogP contribution in [-0.2, 0) is 0 Å². The number of hydrazone groups is 1. The third-order valence-electron chi connectivity index (χ3n) is 4.90. The van der Waals surface area contributed by atoms with E-state index in [9.17, 15) is 4.79 Å². The normalized spacial score (nSPS) is 11.5. The van der Waals surface area contributed by atoms with Crippen LogP contribution in [0.4, 0.5) is 5.95 Å². The van der Waals surface area contributed by atoms with Crippen LogP contribution >= 0.6 is 11.8 Å². The SMILES string of the molecule is COc1ccc(C(=O)CSc2nnc(N/N=C(\C)c3ccc4ccccc4c3)n2N)cc1. The van der Waals surface area contributed by atoms with Gasteiger partial charge < -0.3 is 10.6 Å². The van der Waals surface area contributed by atoms with Gasteiger partial charge in [-0.15, -0.1) is 10.2 Å². The lowest BCUT2D eigenvalue weighted by atomic mass is 10.0. The van der Waals surface area contributed by atoms with E-state index < -0.39 is 0 Å². The molecule has 0 saturated heterocycles. The van der Waals surface area contributed by atoms with E-state index >= 15 is 0 Å². The smallest absolute Gasteiger partial charge is 0.264 e. The van der Waals surface area contributed by atoms with Crippen molar-refractivity contribution in [1.82, 2.24) is 14.9 Å². The maximum absolute atomic E-state index is 12.4. The van der Waals surface area contributed by atoms with Gasteiger partial charge in [-0.25, -0.2) is 10.1 Å². The molecule has 0 bridgehead atoms. The van der Waals surface area contributed by atoms with Crippen LogP contribution in [-0.4, -0.2) is 39.2 Å². The van der Waals surface area contributed by atoms with Gasteiger partial charge in [-0.3, -0.25) is 4.79 Å². The quantitative estimate of drug-likeness (QED) is 0.139. The van der Waals surface area contributed by atoms with Gasteiger partial charge in [0.15, 0.2) is 5.78 Å². The Morgan fingerprint density at radius 1 is 1.06 bits per heavy atom. The van der Waals surface area contributed by atoms with Crippen LogP contribution in [0.25, 0.3) is 10.8 Å². The van der Waals surface area contributed by atoms with E-state index in [0.717, 1.165) is 16.7 Å². The number of carbonyl (C=O) groups is 1. The molecule has 0 amide bonds. The lowest BCUT2D eigenvalue weighted by Gasteiger charge is -2.06. The number of thioether (sulfide) groups is 1. The largest absolute Gasteiger partial charge is 0.497 e. The molecule has 8 nitrogen and oxygen atoms in total. The van der Waals surface area contributed by atoms with Gasteiger partial charge in [-0.1, -0.05) is 48.2 Å². The first-order valence-electron chi connectivity index (χ1n) is 9.85. The van der Waals surface area contributed by atoms with Gasteiger partial charge in [0.05, 0.1) is 18.6 Å². The molecule has 4 rings (SSSR count). The molecule has 0 radical (unpaired) electrons. The highest BCUT2D eigenvalue weighted by Crippen LogP contribution is 2.20. The van der Waals surface area contributed by atoms with E-state index in [-0.39, 0.29) is 17.5 Å². The van der Waals surface area contributed by atoms with E-state index in [1.54, 1.807) is 31.4 Å². The van der Waals surface area contributed by atoms with Crippen molar-refractivity contribution in [3.63, 3.8) is 0 Å². The molecule has 0 spiro atoms. The molecular weight excluding hydrogens is 424 g/mol. The van der Waals surface area contributed by atoms with Crippen molar-refractivity contribution < 1.29 is 9.53 Å². The average molecular weight is 447 g/mol. The zero-order chi connectivity index (χ0) is 22.5. The number of carbonyl (C=O) groups excluding carboxylic acids is 1. The molecule has 0 saturated carbocycles. The average Bonchev–Trinajstić information content (AvgIpc) is 3.19. The number of hydrogen-bond acceptors (Lipinski definition) is 8. The van der Waals surface area contributed by atoms with E-state index in [2.05, 4.69) is 45.0 Å². The van der Waals surface area contributed by atoms with Crippen molar-refractivity contribution in [3.05, 3.63) is 77.9 Å². The number of rotatable bonds is 8. The molecule has 1 aromatic heterocycles. The summed E-state index contributed by atoms with van der Waals surface area (Å²) in [4.78, 5) is 12.4.